The highest BCUT2D eigenvalue weighted by Gasteiger charge is 2.11. The maximum Gasteiger partial charge on any atom is 0.0641 e. The number of allylic oxidation sites excluding steroid dienone is 4. The van der Waals surface area contributed by atoms with Crippen molar-refractivity contribution in [3.63, 3.8) is 0 Å². The highest BCUT2D eigenvalue weighted by Crippen LogP contribution is 2.25. The molecule has 1 heteroatoms. The molecule has 0 heterocycles. The van der Waals surface area contributed by atoms with Gasteiger partial charge in [0.05, 0.1) is 6.61 Å². The molecule has 1 rings (SSSR count). The van der Waals surface area contributed by atoms with E-state index in [4.69, 9.17) is 0 Å². The molecule has 0 spiro atoms. The van der Waals surface area contributed by atoms with Crippen LogP contribution in [0.2, 0.25) is 0 Å². The van der Waals surface area contributed by atoms with Crippen molar-refractivity contribution in [1.29, 1.82) is 0 Å². The molecule has 1 unspecified atom stereocenters. The van der Waals surface area contributed by atoms with Crippen LogP contribution in [0.1, 0.15) is 46.0 Å². The van der Waals surface area contributed by atoms with Crippen molar-refractivity contribution < 1.29 is 5.11 Å². The summed E-state index contributed by atoms with van der Waals surface area (Å²) >= 11 is 0. The van der Waals surface area contributed by atoms with Crippen LogP contribution in [0, 0.1) is 5.92 Å². The van der Waals surface area contributed by atoms with Gasteiger partial charge < -0.3 is 5.11 Å². The zero-order valence-electron chi connectivity index (χ0n) is 10.6. The Morgan fingerprint density at radius 2 is 2.00 bits per heavy atom. The second-order valence-corrected chi connectivity index (χ2v) is 4.93. The number of hydrogen-bond donors (Lipinski definition) is 1. The van der Waals surface area contributed by atoms with Crippen LogP contribution in [0.4, 0.5) is 0 Å². The molecule has 0 radical (unpaired) electrons. The van der Waals surface area contributed by atoms with Crippen LogP contribution in [0.25, 0.3) is 0 Å². The Labute approximate surface area is 99.6 Å². The summed E-state index contributed by atoms with van der Waals surface area (Å²) in [4.78, 5) is 0. The molecule has 1 nitrogen and oxygen atoms in total. The van der Waals surface area contributed by atoms with Crippen LogP contribution in [-0.2, 0) is 0 Å². The largest absolute Gasteiger partial charge is 0.392 e. The smallest absolute Gasteiger partial charge is 0.0641 e. The van der Waals surface area contributed by atoms with Crippen molar-refractivity contribution in [2.45, 2.75) is 46.0 Å². The molecule has 0 saturated heterocycles. The topological polar surface area (TPSA) is 20.2 Å². The van der Waals surface area contributed by atoms with Gasteiger partial charge in [0, 0.05) is 0 Å². The first kappa shape index (κ1) is 13.2. The summed E-state index contributed by atoms with van der Waals surface area (Å²) in [5.41, 5.74) is 3.92. The van der Waals surface area contributed by atoms with Gasteiger partial charge in [0.25, 0.3) is 0 Å². The first-order valence-corrected chi connectivity index (χ1v) is 6.23. The Morgan fingerprint density at radius 3 is 2.69 bits per heavy atom. The maximum absolute atomic E-state index is 9.17. The summed E-state index contributed by atoms with van der Waals surface area (Å²) in [6.07, 6.45) is 10.3. The highest BCUT2D eigenvalue weighted by molar-refractivity contribution is 5.11. The Hall–Kier alpha value is -0.820. The minimum Gasteiger partial charge on any atom is -0.392 e. The van der Waals surface area contributed by atoms with E-state index in [0.717, 1.165) is 31.3 Å². The van der Waals surface area contributed by atoms with Gasteiger partial charge in [0.15, 0.2) is 0 Å². The average Bonchev–Trinajstić information content (AvgIpc) is 2.28. The lowest BCUT2D eigenvalue weighted by Crippen LogP contribution is -2.07. The Morgan fingerprint density at radius 1 is 1.31 bits per heavy atom. The fourth-order valence-electron chi connectivity index (χ4n) is 2.11. The molecule has 1 N–H and O–H groups in total. The molecule has 0 aliphatic heterocycles. The van der Waals surface area contributed by atoms with Gasteiger partial charge in [-0.1, -0.05) is 29.9 Å². The van der Waals surface area contributed by atoms with Crippen LogP contribution in [0.5, 0.6) is 0 Å². The molecule has 0 saturated carbocycles. The van der Waals surface area contributed by atoms with Crippen LogP contribution in [0.3, 0.4) is 0 Å². The molecule has 1 atom stereocenters. The molecule has 0 fully saturated rings. The lowest BCUT2D eigenvalue weighted by molar-refractivity contribution is 0.311. The summed E-state index contributed by atoms with van der Waals surface area (Å²) in [5.74, 6) is 0.446. The third kappa shape index (κ3) is 4.36. The van der Waals surface area contributed by atoms with E-state index < -0.39 is 0 Å². The van der Waals surface area contributed by atoms with Gasteiger partial charge in [-0.25, -0.2) is 0 Å². The Bertz CT molecular complexity index is 297. The SMILES string of the molecule is C=C(CO)C1CC=C(C)CCC=C(C)CC1. The molecule has 0 aromatic rings. The van der Waals surface area contributed by atoms with Crippen molar-refractivity contribution in [2.24, 2.45) is 5.92 Å². The van der Waals surface area contributed by atoms with E-state index in [1.807, 2.05) is 0 Å². The molecule has 0 aromatic carbocycles. The second kappa shape index (κ2) is 6.70. The van der Waals surface area contributed by atoms with Crippen LogP contribution < -0.4 is 0 Å². The van der Waals surface area contributed by atoms with Gasteiger partial charge in [-0.05, 0) is 57.4 Å². The minimum absolute atomic E-state index is 0.125. The predicted molar refractivity (Wildman–Crippen MR) is 70.3 cm³/mol. The fraction of sp³-hybridized carbons (Fsp3) is 0.600. The quantitative estimate of drug-likeness (QED) is 0.697. The van der Waals surface area contributed by atoms with Crippen LogP contribution in [0.15, 0.2) is 35.5 Å². The van der Waals surface area contributed by atoms with Crippen molar-refractivity contribution in [2.75, 3.05) is 6.61 Å². The average molecular weight is 220 g/mol. The lowest BCUT2D eigenvalue weighted by Gasteiger charge is -2.18. The Balaban J connectivity index is 2.71. The molecular formula is C15H24O. The van der Waals surface area contributed by atoms with E-state index in [2.05, 4.69) is 32.6 Å². The van der Waals surface area contributed by atoms with Gasteiger partial charge in [0.2, 0.25) is 0 Å². The molecule has 90 valence electrons. The zero-order valence-corrected chi connectivity index (χ0v) is 10.6. The van der Waals surface area contributed by atoms with E-state index >= 15 is 0 Å². The van der Waals surface area contributed by atoms with Crippen molar-refractivity contribution >= 4 is 0 Å². The molecule has 0 amide bonds. The molecule has 1 aliphatic carbocycles. The first-order valence-electron chi connectivity index (χ1n) is 6.23. The van der Waals surface area contributed by atoms with Gasteiger partial charge in [-0.2, -0.15) is 0 Å². The van der Waals surface area contributed by atoms with Crippen molar-refractivity contribution in [3.05, 3.63) is 35.5 Å². The second-order valence-electron chi connectivity index (χ2n) is 4.93. The number of aliphatic hydroxyl groups is 1. The standard InChI is InChI=1S/C15H24O/c1-12-5-4-6-13(2)8-10-15(9-7-12)14(3)11-16/h5,8,15-16H,3-4,6-7,9-11H2,1-2H3. The first-order chi connectivity index (χ1) is 7.63. The van der Waals surface area contributed by atoms with Crippen molar-refractivity contribution in [3.8, 4) is 0 Å². The molecule has 16 heavy (non-hydrogen) atoms. The van der Waals surface area contributed by atoms with Crippen LogP contribution in [-0.4, -0.2) is 11.7 Å². The van der Waals surface area contributed by atoms with Gasteiger partial charge in [-0.3, -0.25) is 0 Å². The van der Waals surface area contributed by atoms with E-state index in [9.17, 15) is 5.11 Å². The zero-order chi connectivity index (χ0) is 12.0. The third-order valence-electron chi connectivity index (χ3n) is 3.45. The number of rotatable bonds is 2. The lowest BCUT2D eigenvalue weighted by atomic mass is 9.88. The summed E-state index contributed by atoms with van der Waals surface area (Å²) in [6, 6.07) is 0. The van der Waals surface area contributed by atoms with E-state index in [0.29, 0.717) is 5.92 Å². The fourth-order valence-corrected chi connectivity index (χ4v) is 2.11. The molecule has 0 aromatic heterocycles. The third-order valence-corrected chi connectivity index (χ3v) is 3.45. The van der Waals surface area contributed by atoms with Crippen molar-refractivity contribution in [1.82, 2.24) is 0 Å². The predicted octanol–water partition coefficient (Wildman–Crippen LogP) is 4.01. The molecular weight excluding hydrogens is 196 g/mol. The molecule has 1 aliphatic rings. The Kier molecular flexibility index (Phi) is 5.54. The number of hydrogen-bond acceptors (Lipinski definition) is 1. The summed E-state index contributed by atoms with van der Waals surface area (Å²) in [5, 5.41) is 9.17. The molecule has 0 bridgehead atoms. The van der Waals surface area contributed by atoms with Gasteiger partial charge in [0.1, 0.15) is 0 Å². The highest BCUT2D eigenvalue weighted by atomic mass is 16.3. The monoisotopic (exact) mass is 220 g/mol. The summed E-state index contributed by atoms with van der Waals surface area (Å²) in [6.45, 7) is 8.51. The van der Waals surface area contributed by atoms with E-state index in [-0.39, 0.29) is 6.61 Å². The van der Waals surface area contributed by atoms with E-state index in [1.54, 1.807) is 0 Å². The summed E-state index contributed by atoms with van der Waals surface area (Å²) in [7, 11) is 0. The normalized spacial score (nSPS) is 23.3. The van der Waals surface area contributed by atoms with Gasteiger partial charge >= 0.3 is 0 Å². The minimum atomic E-state index is 0.125. The summed E-state index contributed by atoms with van der Waals surface area (Å²) < 4.78 is 0. The van der Waals surface area contributed by atoms with Gasteiger partial charge in [-0.15, -0.1) is 0 Å². The van der Waals surface area contributed by atoms with E-state index in [1.165, 1.54) is 17.6 Å². The number of aliphatic hydroxyl groups excluding tert-OH is 1. The van der Waals surface area contributed by atoms with Crippen LogP contribution >= 0.6 is 0 Å². The maximum atomic E-state index is 9.17.